The van der Waals surface area contributed by atoms with Crippen LogP contribution in [0.2, 0.25) is 0 Å². The van der Waals surface area contributed by atoms with Gasteiger partial charge in [0.05, 0.1) is 12.0 Å². The van der Waals surface area contributed by atoms with E-state index < -0.39 is 0 Å². The predicted molar refractivity (Wildman–Crippen MR) is 120 cm³/mol. The molecule has 0 radical (unpaired) electrons. The third-order valence-corrected chi connectivity index (χ3v) is 5.87. The molecule has 5 rings (SSSR count). The van der Waals surface area contributed by atoms with Crippen LogP contribution in [0, 0.1) is 5.92 Å². The lowest BCUT2D eigenvalue weighted by Gasteiger charge is -2.31. The Morgan fingerprint density at radius 1 is 1.03 bits per heavy atom. The molecule has 9 nitrogen and oxygen atoms in total. The molecule has 33 heavy (non-hydrogen) atoms. The van der Waals surface area contributed by atoms with Crippen LogP contribution in [0.4, 0.5) is 0 Å². The Morgan fingerprint density at radius 3 is 2.42 bits per heavy atom. The van der Waals surface area contributed by atoms with Gasteiger partial charge in [-0.25, -0.2) is 4.98 Å². The van der Waals surface area contributed by atoms with E-state index in [2.05, 4.69) is 20.1 Å². The molecule has 0 spiro atoms. The van der Waals surface area contributed by atoms with E-state index in [0.29, 0.717) is 42.7 Å². The van der Waals surface area contributed by atoms with Crippen molar-refractivity contribution in [2.75, 3.05) is 13.1 Å². The SMILES string of the molecule is O=C(c1cc(-c2cccnc2)on1)N1CCC(Cn2cnc(-c3cccnc3)cc2=O)CC1. The number of carbonyl (C=O) groups is 1. The largest absolute Gasteiger partial charge is 0.355 e. The first-order chi connectivity index (χ1) is 16.2. The molecular weight excluding hydrogens is 420 g/mol. The Hall–Kier alpha value is -4.14. The maximum absolute atomic E-state index is 12.9. The smallest absolute Gasteiger partial charge is 0.276 e. The second-order valence-corrected chi connectivity index (χ2v) is 8.06. The second-order valence-electron chi connectivity index (χ2n) is 8.06. The molecule has 4 aromatic rings. The number of piperidine rings is 1. The molecule has 0 atom stereocenters. The molecule has 0 aromatic carbocycles. The van der Waals surface area contributed by atoms with Gasteiger partial charge in [-0.1, -0.05) is 5.16 Å². The minimum atomic E-state index is -0.146. The molecule has 5 heterocycles. The van der Waals surface area contributed by atoms with Crippen LogP contribution >= 0.6 is 0 Å². The molecule has 166 valence electrons. The van der Waals surface area contributed by atoms with Crippen molar-refractivity contribution in [2.24, 2.45) is 5.92 Å². The van der Waals surface area contributed by atoms with Crippen molar-refractivity contribution in [1.82, 2.24) is 29.6 Å². The molecule has 4 aromatic heterocycles. The van der Waals surface area contributed by atoms with Crippen molar-refractivity contribution in [3.05, 3.63) is 83.6 Å². The van der Waals surface area contributed by atoms with Gasteiger partial charge in [0.15, 0.2) is 11.5 Å². The zero-order chi connectivity index (χ0) is 22.6. The molecule has 1 saturated heterocycles. The molecular formula is C24H22N6O3. The summed E-state index contributed by atoms with van der Waals surface area (Å²) < 4.78 is 6.97. The van der Waals surface area contributed by atoms with Gasteiger partial charge in [0, 0.05) is 67.7 Å². The van der Waals surface area contributed by atoms with Crippen molar-refractivity contribution in [3.8, 4) is 22.6 Å². The molecule has 1 fully saturated rings. The zero-order valence-corrected chi connectivity index (χ0v) is 17.9. The lowest BCUT2D eigenvalue weighted by atomic mass is 9.96. The van der Waals surface area contributed by atoms with Gasteiger partial charge in [0.25, 0.3) is 11.5 Å². The summed E-state index contributed by atoms with van der Waals surface area (Å²) in [5.41, 5.74) is 2.40. The highest BCUT2D eigenvalue weighted by Crippen LogP contribution is 2.23. The van der Waals surface area contributed by atoms with Crippen LogP contribution in [-0.4, -0.2) is 48.6 Å². The quantitative estimate of drug-likeness (QED) is 0.468. The number of carbonyl (C=O) groups excluding carboxylic acids is 1. The zero-order valence-electron chi connectivity index (χ0n) is 17.9. The summed E-state index contributed by atoms with van der Waals surface area (Å²) in [6, 6.07) is 10.5. The number of hydrogen-bond donors (Lipinski definition) is 0. The third kappa shape index (κ3) is 4.57. The summed E-state index contributed by atoms with van der Waals surface area (Å²) in [4.78, 5) is 39.8. The summed E-state index contributed by atoms with van der Waals surface area (Å²) in [6.07, 6.45) is 9.91. The van der Waals surface area contributed by atoms with Crippen molar-refractivity contribution in [3.63, 3.8) is 0 Å². The van der Waals surface area contributed by atoms with Gasteiger partial charge in [0.2, 0.25) is 0 Å². The van der Waals surface area contributed by atoms with E-state index in [9.17, 15) is 9.59 Å². The molecule has 0 bridgehead atoms. The Kier molecular flexibility index (Phi) is 5.75. The van der Waals surface area contributed by atoms with Gasteiger partial charge in [0.1, 0.15) is 0 Å². The second kappa shape index (κ2) is 9.15. The highest BCUT2D eigenvalue weighted by Gasteiger charge is 2.26. The molecule has 1 aliphatic rings. The fourth-order valence-electron chi connectivity index (χ4n) is 4.01. The summed E-state index contributed by atoms with van der Waals surface area (Å²) in [5.74, 6) is 0.663. The van der Waals surface area contributed by atoms with Crippen LogP contribution in [0.25, 0.3) is 22.6 Å². The number of amides is 1. The van der Waals surface area contributed by atoms with Crippen LogP contribution in [-0.2, 0) is 6.54 Å². The van der Waals surface area contributed by atoms with Gasteiger partial charge in [-0.05, 0) is 43.0 Å². The van der Waals surface area contributed by atoms with E-state index in [1.807, 2.05) is 18.2 Å². The lowest BCUT2D eigenvalue weighted by Crippen LogP contribution is -2.40. The van der Waals surface area contributed by atoms with Gasteiger partial charge in [-0.3, -0.25) is 24.1 Å². The number of hydrogen-bond acceptors (Lipinski definition) is 7. The summed E-state index contributed by atoms with van der Waals surface area (Å²) in [5, 5.41) is 3.95. The number of aromatic nitrogens is 5. The van der Waals surface area contributed by atoms with Gasteiger partial charge in [-0.2, -0.15) is 0 Å². The lowest BCUT2D eigenvalue weighted by molar-refractivity contribution is 0.0672. The van der Waals surface area contributed by atoms with E-state index >= 15 is 0 Å². The van der Waals surface area contributed by atoms with E-state index in [1.54, 1.807) is 58.8 Å². The first-order valence-electron chi connectivity index (χ1n) is 10.8. The van der Waals surface area contributed by atoms with E-state index in [1.165, 1.54) is 0 Å². The highest BCUT2D eigenvalue weighted by atomic mass is 16.5. The minimum absolute atomic E-state index is 0.0899. The van der Waals surface area contributed by atoms with Crippen LogP contribution in [0.3, 0.4) is 0 Å². The third-order valence-electron chi connectivity index (χ3n) is 5.87. The first kappa shape index (κ1) is 20.7. The summed E-state index contributed by atoms with van der Waals surface area (Å²) in [6.45, 7) is 1.79. The topological polar surface area (TPSA) is 107 Å². The van der Waals surface area contributed by atoms with Gasteiger partial charge >= 0.3 is 0 Å². The van der Waals surface area contributed by atoms with Crippen molar-refractivity contribution < 1.29 is 9.32 Å². The Labute approximate surface area is 189 Å². The molecule has 0 saturated carbocycles. The average Bonchev–Trinajstić information content (AvgIpc) is 3.37. The van der Waals surface area contributed by atoms with Crippen molar-refractivity contribution >= 4 is 5.91 Å². The summed E-state index contributed by atoms with van der Waals surface area (Å²) in [7, 11) is 0. The number of nitrogens with zero attached hydrogens (tertiary/aromatic N) is 6. The molecule has 1 amide bonds. The van der Waals surface area contributed by atoms with Crippen molar-refractivity contribution in [1.29, 1.82) is 0 Å². The van der Waals surface area contributed by atoms with Crippen LogP contribution in [0.5, 0.6) is 0 Å². The van der Waals surface area contributed by atoms with Crippen LogP contribution in [0.1, 0.15) is 23.3 Å². The van der Waals surface area contributed by atoms with Gasteiger partial charge < -0.3 is 9.42 Å². The minimum Gasteiger partial charge on any atom is -0.355 e. The van der Waals surface area contributed by atoms with Crippen LogP contribution < -0.4 is 5.56 Å². The average molecular weight is 442 g/mol. The van der Waals surface area contributed by atoms with Gasteiger partial charge in [-0.15, -0.1) is 0 Å². The maximum atomic E-state index is 12.9. The standard InChI is InChI=1S/C24H22N6O3/c31-23-12-20(18-3-1-7-25-13-18)27-16-30(23)15-17-5-9-29(10-6-17)24(32)21-11-22(33-28-21)19-4-2-8-26-14-19/h1-4,7-8,11-14,16-17H,5-6,9-10,15H2. The van der Waals surface area contributed by atoms with Crippen molar-refractivity contribution in [2.45, 2.75) is 19.4 Å². The Morgan fingerprint density at radius 2 is 1.76 bits per heavy atom. The van der Waals surface area contributed by atoms with E-state index in [4.69, 9.17) is 4.52 Å². The maximum Gasteiger partial charge on any atom is 0.276 e. The highest BCUT2D eigenvalue weighted by molar-refractivity contribution is 5.93. The monoisotopic (exact) mass is 442 g/mol. The molecule has 0 N–H and O–H groups in total. The molecule has 0 aliphatic carbocycles. The number of pyridine rings is 2. The Bertz CT molecular complexity index is 1290. The first-order valence-corrected chi connectivity index (χ1v) is 10.8. The van der Waals surface area contributed by atoms with E-state index in [0.717, 1.165) is 24.0 Å². The normalized spacial score (nSPS) is 14.4. The number of rotatable bonds is 5. The van der Waals surface area contributed by atoms with Crippen LogP contribution in [0.15, 0.2) is 76.8 Å². The molecule has 9 heteroatoms. The van der Waals surface area contributed by atoms with E-state index in [-0.39, 0.29) is 11.5 Å². The Balaban J connectivity index is 1.19. The summed E-state index contributed by atoms with van der Waals surface area (Å²) >= 11 is 0. The predicted octanol–water partition coefficient (Wildman–Crippen LogP) is 2.91. The number of likely N-dealkylation sites (tertiary alicyclic amines) is 1. The fraction of sp³-hybridized carbons (Fsp3) is 0.250. The fourth-order valence-corrected chi connectivity index (χ4v) is 4.01. The molecule has 0 unspecified atom stereocenters. The molecule has 1 aliphatic heterocycles.